The zero-order valence-electron chi connectivity index (χ0n) is 28.5. The summed E-state index contributed by atoms with van der Waals surface area (Å²) in [5, 5.41) is 2.62. The van der Waals surface area contributed by atoms with Crippen LogP contribution in [0.25, 0.3) is 33.4 Å². The first-order valence-electron chi connectivity index (χ1n) is 15.5. The molecular formula is C38H44O6P2. The first-order chi connectivity index (χ1) is 21.9. The third kappa shape index (κ3) is 5.38. The summed E-state index contributed by atoms with van der Waals surface area (Å²) in [5.41, 5.74) is 6.22. The lowest BCUT2D eigenvalue weighted by Gasteiger charge is -2.30. The second-order valence-corrected chi connectivity index (χ2v) is 19.3. The highest BCUT2D eigenvalue weighted by atomic mass is 31.1. The van der Waals surface area contributed by atoms with Crippen molar-refractivity contribution < 1.29 is 28.4 Å². The normalized spacial score (nSPS) is 17.1. The third-order valence-corrected chi connectivity index (χ3v) is 14.8. The molecular weight excluding hydrogens is 614 g/mol. The number of hydrogen-bond donors (Lipinski definition) is 0. The molecule has 0 amide bonds. The Balaban J connectivity index is 1.67. The molecule has 0 saturated heterocycles. The molecule has 4 aromatic rings. The van der Waals surface area contributed by atoms with E-state index in [9.17, 15) is 0 Å². The van der Waals surface area contributed by atoms with Crippen LogP contribution in [0, 0.1) is 0 Å². The first kappa shape index (κ1) is 32.5. The first-order valence-corrected chi connectivity index (χ1v) is 18.6. The van der Waals surface area contributed by atoms with Crippen LogP contribution in [0.15, 0.2) is 60.7 Å². The van der Waals surface area contributed by atoms with Crippen LogP contribution in [-0.4, -0.2) is 51.4 Å². The molecule has 46 heavy (non-hydrogen) atoms. The van der Waals surface area contributed by atoms with Gasteiger partial charge in [0, 0.05) is 21.7 Å². The van der Waals surface area contributed by atoms with Crippen LogP contribution in [0.2, 0.25) is 0 Å². The zero-order chi connectivity index (χ0) is 33.0. The van der Waals surface area contributed by atoms with Crippen molar-refractivity contribution in [1.29, 1.82) is 0 Å². The van der Waals surface area contributed by atoms with Gasteiger partial charge in [0.15, 0.2) is 0 Å². The molecule has 2 unspecified atom stereocenters. The highest BCUT2D eigenvalue weighted by molar-refractivity contribution is 7.68. The van der Waals surface area contributed by atoms with Crippen LogP contribution in [0.5, 0.6) is 34.5 Å². The van der Waals surface area contributed by atoms with E-state index in [4.69, 9.17) is 28.4 Å². The van der Waals surface area contributed by atoms with Crippen molar-refractivity contribution >= 4 is 26.5 Å². The topological polar surface area (TPSA) is 55.4 Å². The third-order valence-electron chi connectivity index (χ3n) is 8.78. The average Bonchev–Trinajstić information content (AvgIpc) is 3.70. The molecule has 0 N–H and O–H groups in total. The molecule has 242 valence electrons. The molecule has 0 aromatic heterocycles. The van der Waals surface area contributed by atoms with Gasteiger partial charge in [-0.1, -0.05) is 65.8 Å². The van der Waals surface area contributed by atoms with Crippen molar-refractivity contribution in [3.63, 3.8) is 0 Å². The summed E-state index contributed by atoms with van der Waals surface area (Å²) in [7, 11) is 5.45. The van der Waals surface area contributed by atoms with Crippen molar-refractivity contribution in [3.05, 3.63) is 60.7 Å². The van der Waals surface area contributed by atoms with Gasteiger partial charge in [0.05, 0.1) is 39.6 Å². The molecule has 8 heteroatoms. The summed E-state index contributed by atoms with van der Waals surface area (Å²) >= 11 is 0. The number of benzene rings is 4. The van der Waals surface area contributed by atoms with Crippen molar-refractivity contribution in [2.24, 2.45) is 0 Å². The van der Waals surface area contributed by atoms with E-state index in [0.717, 1.165) is 56.8 Å². The van der Waals surface area contributed by atoms with Gasteiger partial charge in [-0.05, 0) is 73.7 Å². The van der Waals surface area contributed by atoms with Gasteiger partial charge in [0.2, 0.25) is 0 Å². The van der Waals surface area contributed by atoms with Gasteiger partial charge >= 0.3 is 0 Å². The summed E-state index contributed by atoms with van der Waals surface area (Å²) in [6.45, 7) is 13.9. The van der Waals surface area contributed by atoms with Crippen LogP contribution in [0.3, 0.4) is 0 Å². The van der Waals surface area contributed by atoms with Gasteiger partial charge in [0.25, 0.3) is 0 Å². The Morgan fingerprint density at radius 1 is 0.478 bits per heavy atom. The fourth-order valence-electron chi connectivity index (χ4n) is 6.48. The molecule has 6 rings (SSSR count). The molecule has 0 aliphatic carbocycles. The summed E-state index contributed by atoms with van der Waals surface area (Å²) in [4.78, 5) is 0. The van der Waals surface area contributed by atoms with E-state index in [1.54, 1.807) is 28.4 Å². The lowest BCUT2D eigenvalue weighted by Crippen LogP contribution is -2.22. The van der Waals surface area contributed by atoms with E-state index in [1.807, 2.05) is 36.4 Å². The predicted molar refractivity (Wildman–Crippen MR) is 193 cm³/mol. The number of ether oxygens (including phenoxy) is 6. The Labute approximate surface area is 275 Å². The van der Waals surface area contributed by atoms with Crippen LogP contribution in [0.4, 0.5) is 0 Å². The van der Waals surface area contributed by atoms with Gasteiger partial charge in [0.1, 0.15) is 47.2 Å². The number of methoxy groups -OCH3 is 4. The Bertz CT molecular complexity index is 1610. The van der Waals surface area contributed by atoms with Crippen molar-refractivity contribution in [2.45, 2.75) is 51.9 Å². The maximum absolute atomic E-state index is 6.71. The minimum absolute atomic E-state index is 0.0258. The van der Waals surface area contributed by atoms with E-state index in [2.05, 4.69) is 65.8 Å². The lowest BCUT2D eigenvalue weighted by atomic mass is 9.95. The number of rotatable bonds is 7. The molecule has 0 bridgehead atoms. The maximum Gasteiger partial charge on any atom is 0.136 e. The van der Waals surface area contributed by atoms with Gasteiger partial charge in [-0.2, -0.15) is 0 Å². The molecule has 0 radical (unpaired) electrons. The van der Waals surface area contributed by atoms with Crippen LogP contribution in [-0.2, 0) is 0 Å². The van der Waals surface area contributed by atoms with Gasteiger partial charge in [-0.3, -0.25) is 0 Å². The van der Waals surface area contributed by atoms with E-state index in [0.29, 0.717) is 12.7 Å². The standard InChI is InChI=1S/C38H44O6P2/c1-37(2,3)45-21-43-33-25(31-27(39-7)13-11-14-28(31)40-8)19-17-23(35(33)45)24-18-20-26(32-29(41-9)15-12-16-30(32)42-10)34-36(24)46(22-44-34)38(4,5)6/h11-20H,21-22H2,1-10H3. The fraction of sp³-hybridized carbons (Fsp3) is 0.368. The lowest BCUT2D eigenvalue weighted by molar-refractivity contribution is 0.391. The Kier molecular flexibility index (Phi) is 8.68. The van der Waals surface area contributed by atoms with Crippen LogP contribution < -0.4 is 39.0 Å². The second kappa shape index (κ2) is 12.3. The molecule has 2 atom stereocenters. The van der Waals surface area contributed by atoms with Crippen LogP contribution >= 0.6 is 15.8 Å². The number of hydrogen-bond acceptors (Lipinski definition) is 6. The Morgan fingerprint density at radius 3 is 1.07 bits per heavy atom. The van der Waals surface area contributed by atoms with E-state index < -0.39 is 15.8 Å². The van der Waals surface area contributed by atoms with Crippen LogP contribution in [0.1, 0.15) is 41.5 Å². The molecule has 0 spiro atoms. The van der Waals surface area contributed by atoms with E-state index in [1.165, 1.54) is 21.7 Å². The van der Waals surface area contributed by atoms with Crippen molar-refractivity contribution in [3.8, 4) is 67.9 Å². The zero-order valence-corrected chi connectivity index (χ0v) is 30.3. The quantitative estimate of drug-likeness (QED) is 0.185. The fourth-order valence-corrected chi connectivity index (χ4v) is 11.2. The molecule has 0 saturated carbocycles. The minimum atomic E-state index is -0.674. The summed E-state index contributed by atoms with van der Waals surface area (Å²) in [6, 6.07) is 20.7. The van der Waals surface area contributed by atoms with E-state index in [-0.39, 0.29) is 10.3 Å². The van der Waals surface area contributed by atoms with Gasteiger partial charge in [-0.25, -0.2) is 0 Å². The summed E-state index contributed by atoms with van der Waals surface area (Å²) in [5.74, 6) is 4.86. The largest absolute Gasteiger partial charge is 0.496 e. The molecule has 4 aromatic carbocycles. The molecule has 2 aliphatic rings. The second-order valence-electron chi connectivity index (χ2n) is 13.5. The summed E-state index contributed by atoms with van der Waals surface area (Å²) in [6.07, 6.45) is 1.33. The Morgan fingerprint density at radius 2 is 0.783 bits per heavy atom. The summed E-state index contributed by atoms with van der Waals surface area (Å²) < 4.78 is 36.8. The van der Waals surface area contributed by atoms with Gasteiger partial charge in [-0.15, -0.1) is 0 Å². The van der Waals surface area contributed by atoms with Crippen molar-refractivity contribution in [2.75, 3.05) is 41.1 Å². The highest BCUT2D eigenvalue weighted by Crippen LogP contribution is 2.62. The minimum Gasteiger partial charge on any atom is -0.496 e. The van der Waals surface area contributed by atoms with Crippen molar-refractivity contribution in [1.82, 2.24) is 0 Å². The average molecular weight is 659 g/mol. The molecule has 2 heterocycles. The Hall–Kier alpha value is -3.46. The molecule has 2 aliphatic heterocycles. The maximum atomic E-state index is 6.71. The number of fused-ring (bicyclic) bond motifs is 2. The predicted octanol–water partition coefficient (Wildman–Crippen LogP) is 9.23. The van der Waals surface area contributed by atoms with E-state index >= 15 is 0 Å². The molecule has 6 nitrogen and oxygen atoms in total. The highest BCUT2D eigenvalue weighted by Gasteiger charge is 2.42. The smallest absolute Gasteiger partial charge is 0.136 e. The molecule has 0 fully saturated rings. The SMILES string of the molecule is COc1cccc(OC)c1-c1ccc(-c2ccc(-c3c(OC)cccc3OC)c3c2P(C(C)(C)C)CO3)c2c1OCP2C(C)(C)C. The van der Waals surface area contributed by atoms with Gasteiger partial charge < -0.3 is 28.4 Å². The monoisotopic (exact) mass is 658 g/mol.